The van der Waals surface area contributed by atoms with Crippen molar-refractivity contribution in [2.45, 2.75) is 6.92 Å². The Balaban J connectivity index is 1.62. The second kappa shape index (κ2) is 8.23. The third-order valence-electron chi connectivity index (χ3n) is 4.93. The lowest BCUT2D eigenvalue weighted by molar-refractivity contribution is 0.171. The first kappa shape index (κ1) is 19.3. The Labute approximate surface area is 183 Å². The molecule has 0 bridgehead atoms. The fourth-order valence-electron chi connectivity index (χ4n) is 3.41. The first-order valence-electron chi connectivity index (χ1n) is 9.92. The van der Waals surface area contributed by atoms with Crippen LogP contribution in [0.25, 0.3) is 16.9 Å². The van der Waals surface area contributed by atoms with Gasteiger partial charge in [-0.1, -0.05) is 18.2 Å². The summed E-state index contributed by atoms with van der Waals surface area (Å²) in [5.74, 6) is 1.49. The number of thiazole rings is 1. The van der Waals surface area contributed by atoms with Crippen LogP contribution in [-0.4, -0.2) is 40.9 Å². The summed E-state index contributed by atoms with van der Waals surface area (Å²) in [5, 5.41) is 11.6. The number of nitrogens with zero attached hydrogens (tertiary/aromatic N) is 5. The summed E-state index contributed by atoms with van der Waals surface area (Å²) in [6.45, 7) is 3.12. The number of hydrogen-bond donors (Lipinski definition) is 0. The van der Waals surface area contributed by atoms with Gasteiger partial charge in [-0.15, -0.1) is 11.3 Å². The summed E-state index contributed by atoms with van der Waals surface area (Å²) in [4.78, 5) is 5.14. The first-order chi connectivity index (χ1) is 15.2. The lowest BCUT2D eigenvalue weighted by Crippen LogP contribution is -2.15. The fourth-order valence-corrected chi connectivity index (χ4v) is 4.18. The van der Waals surface area contributed by atoms with E-state index in [0.717, 1.165) is 44.5 Å². The molecule has 5 rings (SSSR count). The maximum atomic E-state index is 5.77. The number of hydrogen-bond acceptors (Lipinski definition) is 6. The number of fused-ring (bicyclic) bond motifs is 1. The van der Waals surface area contributed by atoms with E-state index in [9.17, 15) is 0 Å². The van der Waals surface area contributed by atoms with Crippen LogP contribution in [0.5, 0.6) is 11.5 Å². The molecule has 0 N–H and O–H groups in total. The van der Waals surface area contributed by atoms with E-state index in [1.54, 1.807) is 18.4 Å². The molecule has 7 nitrogen and oxygen atoms in total. The summed E-state index contributed by atoms with van der Waals surface area (Å²) in [7, 11) is 1.77. The third kappa shape index (κ3) is 3.77. The first-order valence-corrected chi connectivity index (χ1v) is 10.8. The Morgan fingerprint density at radius 2 is 1.87 bits per heavy atom. The third-order valence-corrected chi connectivity index (χ3v) is 5.96. The number of para-hydroxylation sites is 1. The topological polar surface area (TPSA) is 65.9 Å². The summed E-state index contributed by atoms with van der Waals surface area (Å²) in [6, 6.07) is 15.9. The normalized spacial score (nSPS) is 13.8. The highest BCUT2D eigenvalue weighted by Crippen LogP contribution is 2.35. The van der Waals surface area contributed by atoms with Crippen LogP contribution in [0.3, 0.4) is 0 Å². The molecule has 4 aromatic rings. The molecule has 156 valence electrons. The van der Waals surface area contributed by atoms with Crippen LogP contribution in [0.15, 0.2) is 70.2 Å². The molecule has 0 saturated carbocycles. The molecule has 31 heavy (non-hydrogen) atoms. The highest BCUT2D eigenvalue weighted by molar-refractivity contribution is 7.07. The maximum absolute atomic E-state index is 5.77. The smallest absolute Gasteiger partial charge is 0.205 e. The fraction of sp³-hybridized carbons (Fsp3) is 0.174. The Morgan fingerprint density at radius 3 is 2.68 bits per heavy atom. The Bertz CT molecular complexity index is 1320. The van der Waals surface area contributed by atoms with E-state index >= 15 is 0 Å². The molecular weight excluding hydrogens is 410 g/mol. The number of benzene rings is 2. The number of aryl methyl sites for hydroxylation is 1. The van der Waals surface area contributed by atoms with Crippen molar-refractivity contribution in [3.8, 4) is 28.4 Å². The predicted octanol–water partition coefficient (Wildman–Crippen LogP) is 3.89. The van der Waals surface area contributed by atoms with E-state index in [1.165, 1.54) is 0 Å². The number of ether oxygens (including phenoxy) is 2. The largest absolute Gasteiger partial charge is 0.486 e. The van der Waals surface area contributed by atoms with Gasteiger partial charge in [0.25, 0.3) is 0 Å². The van der Waals surface area contributed by atoms with Gasteiger partial charge in [0.15, 0.2) is 11.5 Å². The monoisotopic (exact) mass is 431 g/mol. The van der Waals surface area contributed by atoms with E-state index in [2.05, 4.69) is 10.1 Å². The minimum absolute atomic E-state index is 0.542. The van der Waals surface area contributed by atoms with Crippen molar-refractivity contribution in [3.63, 3.8) is 0 Å². The molecule has 2 aromatic heterocycles. The standard InChI is InChI=1S/C23H21N5O2S/c1-16-15-31-23(24-2)28(16)25-13-18-14-27(19-6-4-3-5-7-19)26-22(18)17-8-9-20-21(12-17)30-11-10-29-20/h3-9,12-15H,10-11H2,1-2H3. The van der Waals surface area contributed by atoms with Gasteiger partial charge in [0.05, 0.1) is 17.6 Å². The molecule has 0 atom stereocenters. The van der Waals surface area contributed by atoms with Crippen molar-refractivity contribution in [3.05, 3.63) is 76.2 Å². The van der Waals surface area contributed by atoms with Crippen molar-refractivity contribution in [2.24, 2.45) is 10.1 Å². The second-order valence-corrected chi connectivity index (χ2v) is 7.85. The predicted molar refractivity (Wildman–Crippen MR) is 122 cm³/mol. The second-order valence-electron chi connectivity index (χ2n) is 7.01. The molecule has 0 radical (unpaired) electrons. The highest BCUT2D eigenvalue weighted by Gasteiger charge is 2.16. The molecule has 3 heterocycles. The minimum atomic E-state index is 0.542. The number of rotatable bonds is 4. The van der Waals surface area contributed by atoms with E-state index in [1.807, 2.05) is 82.6 Å². The van der Waals surface area contributed by atoms with Crippen LogP contribution >= 0.6 is 11.3 Å². The molecule has 1 aliphatic rings. The molecule has 2 aromatic carbocycles. The zero-order chi connectivity index (χ0) is 21.2. The van der Waals surface area contributed by atoms with Crippen LogP contribution in [0.4, 0.5) is 0 Å². The minimum Gasteiger partial charge on any atom is -0.486 e. The van der Waals surface area contributed by atoms with Crippen molar-refractivity contribution in [2.75, 3.05) is 20.3 Å². The molecular formula is C23H21N5O2S. The van der Waals surface area contributed by atoms with Crippen LogP contribution in [-0.2, 0) is 0 Å². The molecule has 8 heteroatoms. The van der Waals surface area contributed by atoms with Crippen molar-refractivity contribution in [1.29, 1.82) is 0 Å². The van der Waals surface area contributed by atoms with Gasteiger partial charge in [-0.25, -0.2) is 9.36 Å². The Morgan fingerprint density at radius 1 is 1.06 bits per heavy atom. The average molecular weight is 432 g/mol. The molecule has 0 unspecified atom stereocenters. The van der Waals surface area contributed by atoms with Gasteiger partial charge in [-0.3, -0.25) is 4.99 Å². The zero-order valence-corrected chi connectivity index (χ0v) is 18.0. The van der Waals surface area contributed by atoms with Crippen LogP contribution in [0.2, 0.25) is 0 Å². The number of aromatic nitrogens is 3. The Hall–Kier alpha value is -3.65. The summed E-state index contributed by atoms with van der Waals surface area (Å²) < 4.78 is 15.1. The van der Waals surface area contributed by atoms with E-state index in [-0.39, 0.29) is 0 Å². The highest BCUT2D eigenvalue weighted by atomic mass is 32.1. The summed E-state index contributed by atoms with van der Waals surface area (Å²) in [5.41, 5.74) is 4.64. The van der Waals surface area contributed by atoms with Crippen molar-refractivity contribution in [1.82, 2.24) is 14.5 Å². The summed E-state index contributed by atoms with van der Waals surface area (Å²) >= 11 is 1.56. The van der Waals surface area contributed by atoms with Gasteiger partial charge in [0.2, 0.25) is 4.80 Å². The molecule has 1 aliphatic heterocycles. The SMILES string of the molecule is CN=c1scc(C)n1N=Cc1cn(-c2ccccc2)nc1-c1ccc2c(c1)OCCO2. The molecule has 0 fully saturated rings. The van der Waals surface area contributed by atoms with Crippen molar-refractivity contribution < 1.29 is 9.47 Å². The van der Waals surface area contributed by atoms with Gasteiger partial charge in [0.1, 0.15) is 18.9 Å². The molecule has 0 spiro atoms. The van der Waals surface area contributed by atoms with Crippen LogP contribution in [0.1, 0.15) is 11.3 Å². The average Bonchev–Trinajstić information content (AvgIpc) is 3.41. The van der Waals surface area contributed by atoms with E-state index < -0.39 is 0 Å². The molecule has 0 amide bonds. The van der Waals surface area contributed by atoms with E-state index in [4.69, 9.17) is 14.6 Å². The zero-order valence-electron chi connectivity index (χ0n) is 17.2. The lowest BCUT2D eigenvalue weighted by atomic mass is 10.1. The van der Waals surface area contributed by atoms with Crippen LogP contribution < -0.4 is 14.3 Å². The van der Waals surface area contributed by atoms with E-state index in [0.29, 0.717) is 13.2 Å². The summed E-state index contributed by atoms with van der Waals surface area (Å²) in [6.07, 6.45) is 3.81. The Kier molecular flexibility index (Phi) is 5.13. The van der Waals surface area contributed by atoms with Gasteiger partial charge in [-0.05, 0) is 37.3 Å². The maximum Gasteiger partial charge on any atom is 0.205 e. The molecule has 0 aliphatic carbocycles. The van der Waals surface area contributed by atoms with Crippen molar-refractivity contribution >= 4 is 17.6 Å². The van der Waals surface area contributed by atoms with Gasteiger partial charge in [0, 0.05) is 29.8 Å². The van der Waals surface area contributed by atoms with Gasteiger partial charge >= 0.3 is 0 Å². The van der Waals surface area contributed by atoms with Gasteiger partial charge < -0.3 is 9.47 Å². The molecule has 0 saturated heterocycles. The van der Waals surface area contributed by atoms with Gasteiger partial charge in [-0.2, -0.15) is 10.2 Å². The quantitative estimate of drug-likeness (QED) is 0.461. The lowest BCUT2D eigenvalue weighted by Gasteiger charge is -2.18. The van der Waals surface area contributed by atoms with Crippen LogP contribution in [0, 0.1) is 6.92 Å².